The van der Waals surface area contributed by atoms with Gasteiger partial charge in [-0.05, 0) is 51.8 Å². The van der Waals surface area contributed by atoms with Crippen LogP contribution in [-0.2, 0) is 16.1 Å². The summed E-state index contributed by atoms with van der Waals surface area (Å²) < 4.78 is 6.64. The van der Waals surface area contributed by atoms with Gasteiger partial charge in [0.05, 0.1) is 16.8 Å². The molecule has 44 heavy (non-hydrogen) atoms. The van der Waals surface area contributed by atoms with Gasteiger partial charge in [0.2, 0.25) is 0 Å². The van der Waals surface area contributed by atoms with E-state index in [-0.39, 0.29) is 11.8 Å². The Morgan fingerprint density at radius 1 is 0.750 bits per heavy atom. The van der Waals surface area contributed by atoms with E-state index in [0.717, 1.165) is 62.4 Å². The van der Waals surface area contributed by atoms with Crippen LogP contribution in [0.2, 0.25) is 0 Å². The molecule has 0 bridgehead atoms. The number of imide groups is 1. The zero-order valence-corrected chi connectivity index (χ0v) is 26.4. The predicted octanol–water partition coefficient (Wildman–Crippen LogP) is 6.65. The molecule has 2 aromatic rings. The van der Waals surface area contributed by atoms with E-state index in [1.807, 2.05) is 0 Å². The van der Waals surface area contributed by atoms with Crippen molar-refractivity contribution in [1.82, 2.24) is 9.47 Å². The van der Waals surface area contributed by atoms with Crippen molar-refractivity contribution in [3.8, 4) is 0 Å². The van der Waals surface area contributed by atoms with Crippen molar-refractivity contribution in [2.75, 3.05) is 18.0 Å². The van der Waals surface area contributed by atoms with E-state index >= 15 is 0 Å². The maximum Gasteiger partial charge on any atom is 0.414 e. The minimum absolute atomic E-state index is 0.174. The third-order valence-electron chi connectivity index (χ3n) is 7.59. The van der Waals surface area contributed by atoms with Gasteiger partial charge in [0.1, 0.15) is 12.1 Å². The van der Waals surface area contributed by atoms with E-state index in [4.69, 9.17) is 9.84 Å². The number of fused-ring (bicyclic) bond motifs is 1. The summed E-state index contributed by atoms with van der Waals surface area (Å²) in [6.45, 7) is 5.78. The van der Waals surface area contributed by atoms with Gasteiger partial charge >= 0.3 is 12.1 Å². The van der Waals surface area contributed by atoms with Gasteiger partial charge in [0, 0.05) is 25.4 Å². The Morgan fingerprint density at radius 3 is 1.75 bits per heavy atom. The number of amides is 3. The number of ether oxygens (including phenoxy) is 1. The first-order valence-electron chi connectivity index (χ1n) is 15.9. The number of rotatable bonds is 18. The number of anilines is 1. The number of carbonyl (C=O) groups excluding carboxylic acids is 3. The number of aliphatic carboxylic acids is 1. The van der Waals surface area contributed by atoms with Crippen molar-refractivity contribution in [3.05, 3.63) is 64.1 Å². The lowest BCUT2D eigenvalue weighted by molar-refractivity contribution is -0.137. The van der Waals surface area contributed by atoms with E-state index in [9.17, 15) is 24.0 Å². The Kier molecular flexibility index (Phi) is 13.2. The van der Waals surface area contributed by atoms with Gasteiger partial charge in [-0.15, -0.1) is 0 Å². The molecule has 0 atom stereocenters. The number of nitrogens with zero attached hydrogens (tertiary/aromatic N) is 3. The van der Waals surface area contributed by atoms with Crippen LogP contribution in [0.4, 0.5) is 10.5 Å². The summed E-state index contributed by atoms with van der Waals surface area (Å²) in [6.07, 6.45) is 13.6. The molecule has 3 amide bonds. The summed E-state index contributed by atoms with van der Waals surface area (Å²) in [5.41, 5.74) is 0.328. The van der Waals surface area contributed by atoms with Crippen LogP contribution >= 0.6 is 0 Å². The molecule has 1 aromatic carbocycles. The molecule has 1 aromatic heterocycles. The van der Waals surface area contributed by atoms with Crippen LogP contribution in [0.1, 0.15) is 119 Å². The fourth-order valence-electron chi connectivity index (χ4n) is 5.34. The second kappa shape index (κ2) is 16.8. The van der Waals surface area contributed by atoms with Gasteiger partial charge in [-0.3, -0.25) is 29.0 Å². The molecule has 0 unspecified atom stereocenters. The Balaban J connectivity index is 1.27. The van der Waals surface area contributed by atoms with E-state index < -0.39 is 29.8 Å². The number of carboxylic acids is 1. The van der Waals surface area contributed by atoms with Crippen molar-refractivity contribution >= 4 is 29.6 Å². The molecule has 1 aliphatic heterocycles. The molecule has 1 N–H and O–H groups in total. The first-order valence-corrected chi connectivity index (χ1v) is 15.9. The molecular formula is C34H47N3O7. The number of carbonyl (C=O) groups is 4. The van der Waals surface area contributed by atoms with Crippen LogP contribution < -0.4 is 10.5 Å². The largest absolute Gasteiger partial charge is 0.480 e. The van der Waals surface area contributed by atoms with Crippen molar-refractivity contribution in [1.29, 1.82) is 0 Å². The molecule has 0 spiro atoms. The highest BCUT2D eigenvalue weighted by molar-refractivity contribution is 6.21. The monoisotopic (exact) mass is 609 g/mol. The number of benzene rings is 1. The molecule has 0 radical (unpaired) electrons. The maximum atomic E-state index is 12.9. The maximum absolute atomic E-state index is 12.9. The normalized spacial score (nSPS) is 12.8. The topological polar surface area (TPSA) is 126 Å². The Hall–Kier alpha value is -3.95. The van der Waals surface area contributed by atoms with Crippen LogP contribution in [0.5, 0.6) is 0 Å². The second-order valence-corrected chi connectivity index (χ2v) is 12.4. The lowest BCUT2D eigenvalue weighted by atomic mass is 10.0. The van der Waals surface area contributed by atoms with Crippen molar-refractivity contribution in [2.45, 2.75) is 110 Å². The highest BCUT2D eigenvalue weighted by atomic mass is 16.6. The van der Waals surface area contributed by atoms with Crippen LogP contribution in [0.25, 0.3) is 0 Å². The Labute approximate surface area is 260 Å². The zero-order valence-electron chi connectivity index (χ0n) is 26.4. The summed E-state index contributed by atoms with van der Waals surface area (Å²) in [5, 5.41) is 9.11. The molecule has 240 valence electrons. The van der Waals surface area contributed by atoms with Crippen LogP contribution in [0.3, 0.4) is 0 Å². The minimum atomic E-state index is -1.13. The van der Waals surface area contributed by atoms with Crippen LogP contribution in [-0.4, -0.2) is 57.1 Å². The van der Waals surface area contributed by atoms with Crippen molar-refractivity contribution < 1.29 is 29.0 Å². The fourth-order valence-corrected chi connectivity index (χ4v) is 5.34. The third-order valence-corrected chi connectivity index (χ3v) is 7.59. The number of pyridine rings is 1. The summed E-state index contributed by atoms with van der Waals surface area (Å²) in [6, 6.07) is 9.81. The molecule has 10 heteroatoms. The molecule has 10 nitrogen and oxygen atoms in total. The van der Waals surface area contributed by atoms with Crippen LogP contribution in [0.15, 0.2) is 47.4 Å². The minimum Gasteiger partial charge on any atom is -0.480 e. The first-order chi connectivity index (χ1) is 21.0. The first kappa shape index (κ1) is 34.5. The molecule has 0 saturated heterocycles. The van der Waals surface area contributed by atoms with E-state index in [1.165, 1.54) is 47.4 Å². The fraction of sp³-hybridized carbons (Fsp3) is 0.559. The smallest absolute Gasteiger partial charge is 0.414 e. The number of hydrogen-bond acceptors (Lipinski definition) is 6. The number of aromatic nitrogens is 1. The molecule has 2 heterocycles. The lowest BCUT2D eigenvalue weighted by Crippen LogP contribution is -2.38. The summed E-state index contributed by atoms with van der Waals surface area (Å²) in [7, 11) is 0. The molecular weight excluding hydrogens is 562 g/mol. The number of unbranched alkanes of at least 4 members (excludes halogenated alkanes) is 11. The Bertz CT molecular complexity index is 1310. The van der Waals surface area contributed by atoms with Gasteiger partial charge in [0.25, 0.3) is 17.4 Å². The predicted molar refractivity (Wildman–Crippen MR) is 169 cm³/mol. The lowest BCUT2D eigenvalue weighted by Gasteiger charge is -2.27. The van der Waals surface area contributed by atoms with E-state index in [1.54, 1.807) is 45.0 Å². The average Bonchev–Trinajstić information content (AvgIpc) is 3.20. The number of hydrogen-bond donors (Lipinski definition) is 1. The SMILES string of the molecule is CC(C)(C)OC(=O)N(CCCCCCCCCCCCCCN1C(=O)c2ccccc2C1=O)c1ccc(=O)n(CC(=O)O)c1. The average molecular weight is 610 g/mol. The molecule has 3 rings (SSSR count). The summed E-state index contributed by atoms with van der Waals surface area (Å²) >= 11 is 0. The van der Waals surface area contributed by atoms with Gasteiger partial charge < -0.3 is 14.4 Å². The molecule has 0 saturated carbocycles. The summed E-state index contributed by atoms with van der Waals surface area (Å²) in [5.74, 6) is -1.48. The third kappa shape index (κ3) is 10.6. The van der Waals surface area contributed by atoms with Gasteiger partial charge in [-0.25, -0.2) is 4.79 Å². The highest BCUT2D eigenvalue weighted by Crippen LogP contribution is 2.23. The van der Waals surface area contributed by atoms with E-state index in [2.05, 4.69) is 0 Å². The van der Waals surface area contributed by atoms with Crippen molar-refractivity contribution in [3.63, 3.8) is 0 Å². The van der Waals surface area contributed by atoms with Crippen molar-refractivity contribution in [2.24, 2.45) is 0 Å². The summed E-state index contributed by atoms with van der Waals surface area (Å²) in [4.78, 5) is 63.8. The zero-order chi connectivity index (χ0) is 32.1. The molecule has 0 fully saturated rings. The second-order valence-electron chi connectivity index (χ2n) is 12.4. The van der Waals surface area contributed by atoms with Gasteiger partial charge in [-0.2, -0.15) is 0 Å². The highest BCUT2D eigenvalue weighted by Gasteiger charge is 2.34. The molecule has 0 aliphatic carbocycles. The van der Waals surface area contributed by atoms with E-state index in [0.29, 0.717) is 29.9 Å². The Morgan fingerprint density at radius 2 is 1.25 bits per heavy atom. The van der Waals surface area contributed by atoms with Gasteiger partial charge in [-0.1, -0.05) is 76.3 Å². The standard InChI is InChI=1S/C34H47N3O7/c1-34(2,3)44-33(43)36(26-20-21-29(38)35(24-26)25-30(39)40)22-16-12-10-8-6-4-5-7-9-11-13-17-23-37-31(41)27-18-14-15-19-28(27)32(37)42/h14-15,18-21,24H,4-13,16-17,22-23,25H2,1-3H3,(H,39,40). The quantitative estimate of drug-likeness (QED) is 0.148. The number of carboxylic acid groups (broad SMARTS) is 1. The van der Waals surface area contributed by atoms with Crippen LogP contribution in [0, 0.1) is 0 Å². The van der Waals surface area contributed by atoms with Gasteiger partial charge in [0.15, 0.2) is 0 Å². The molecule has 1 aliphatic rings.